The molecule has 2 aromatic rings. The number of piperidine rings is 1. The molecule has 0 saturated carbocycles. The predicted octanol–water partition coefficient (Wildman–Crippen LogP) is 2.04. The zero-order valence-corrected chi connectivity index (χ0v) is 13.7. The van der Waals surface area contributed by atoms with E-state index >= 15 is 0 Å². The number of hydrogen-bond acceptors (Lipinski definition) is 4. The topological polar surface area (TPSA) is 76.3 Å². The summed E-state index contributed by atoms with van der Waals surface area (Å²) in [7, 11) is -3.54. The third kappa shape index (κ3) is 2.51. The minimum atomic E-state index is -3.54. The van der Waals surface area contributed by atoms with Gasteiger partial charge in [0.1, 0.15) is 0 Å². The molecular weight excluding hydrogens is 298 g/mol. The summed E-state index contributed by atoms with van der Waals surface area (Å²) in [6, 6.07) is 7.11. The van der Waals surface area contributed by atoms with Gasteiger partial charge in [0.2, 0.25) is 10.0 Å². The van der Waals surface area contributed by atoms with Gasteiger partial charge in [0.25, 0.3) is 0 Å². The van der Waals surface area contributed by atoms with Crippen LogP contribution in [0.2, 0.25) is 0 Å². The lowest BCUT2D eigenvalue weighted by atomic mass is 10.0. The lowest BCUT2D eigenvalue weighted by Gasteiger charge is -2.35. The fourth-order valence-corrected chi connectivity index (χ4v) is 5.02. The Morgan fingerprint density at radius 3 is 2.82 bits per heavy atom. The van der Waals surface area contributed by atoms with Crippen LogP contribution in [0.5, 0.6) is 0 Å². The zero-order chi connectivity index (χ0) is 15.9. The van der Waals surface area contributed by atoms with Gasteiger partial charge in [-0.25, -0.2) is 8.42 Å². The van der Waals surface area contributed by atoms with Crippen molar-refractivity contribution in [1.29, 1.82) is 0 Å². The van der Waals surface area contributed by atoms with E-state index in [1.165, 1.54) is 0 Å². The Hall–Kier alpha value is -1.50. The molecule has 0 amide bonds. The lowest BCUT2D eigenvalue weighted by molar-refractivity contribution is 0.247. The molecule has 2 atom stereocenters. The van der Waals surface area contributed by atoms with Gasteiger partial charge in [0, 0.05) is 30.2 Å². The number of nitrogens with two attached hydrogens (primary N) is 1. The van der Waals surface area contributed by atoms with Crippen molar-refractivity contribution in [2.45, 2.75) is 43.7 Å². The summed E-state index contributed by atoms with van der Waals surface area (Å²) in [5, 5.41) is 0.685. The SMILES string of the molecule is Cc1ccc(S(=O)(=O)N2CC[C@@H](N)C[C@@H]2C)c2cccnc12. The predicted molar refractivity (Wildman–Crippen MR) is 87.0 cm³/mol. The highest BCUT2D eigenvalue weighted by atomic mass is 32.2. The van der Waals surface area contributed by atoms with E-state index in [4.69, 9.17) is 5.73 Å². The second-order valence-electron chi connectivity index (χ2n) is 6.03. The van der Waals surface area contributed by atoms with Crippen molar-refractivity contribution in [3.63, 3.8) is 0 Å². The van der Waals surface area contributed by atoms with Gasteiger partial charge in [-0.2, -0.15) is 4.31 Å². The number of hydrogen-bond donors (Lipinski definition) is 1. The molecule has 0 radical (unpaired) electrons. The summed E-state index contributed by atoms with van der Waals surface area (Å²) in [5.74, 6) is 0. The van der Waals surface area contributed by atoms with E-state index < -0.39 is 10.0 Å². The van der Waals surface area contributed by atoms with Crippen molar-refractivity contribution in [3.05, 3.63) is 36.0 Å². The van der Waals surface area contributed by atoms with Gasteiger partial charge >= 0.3 is 0 Å². The van der Waals surface area contributed by atoms with Crippen molar-refractivity contribution >= 4 is 20.9 Å². The molecule has 0 spiro atoms. The summed E-state index contributed by atoms with van der Waals surface area (Å²) in [5.41, 5.74) is 7.66. The van der Waals surface area contributed by atoms with Crippen molar-refractivity contribution in [3.8, 4) is 0 Å². The molecule has 1 aliphatic heterocycles. The Morgan fingerprint density at radius 1 is 1.32 bits per heavy atom. The number of fused-ring (bicyclic) bond motifs is 1. The number of rotatable bonds is 2. The highest BCUT2D eigenvalue weighted by Crippen LogP contribution is 2.30. The van der Waals surface area contributed by atoms with Crippen LogP contribution in [0.3, 0.4) is 0 Å². The molecule has 2 heterocycles. The molecule has 1 aliphatic rings. The Balaban J connectivity index is 2.12. The van der Waals surface area contributed by atoms with Gasteiger partial charge in [-0.3, -0.25) is 4.98 Å². The second-order valence-corrected chi connectivity index (χ2v) is 7.89. The fraction of sp³-hybridized carbons (Fsp3) is 0.438. The quantitative estimate of drug-likeness (QED) is 0.919. The molecule has 1 saturated heterocycles. The number of nitrogens with zero attached hydrogens (tertiary/aromatic N) is 2. The summed E-state index contributed by atoms with van der Waals surface area (Å²) in [6.07, 6.45) is 3.08. The van der Waals surface area contributed by atoms with Crippen LogP contribution in [0.1, 0.15) is 25.3 Å². The summed E-state index contributed by atoms with van der Waals surface area (Å²) in [4.78, 5) is 4.66. The normalized spacial score (nSPS) is 23.8. The van der Waals surface area contributed by atoms with E-state index in [1.807, 2.05) is 26.0 Å². The first-order valence-corrected chi connectivity index (χ1v) is 8.97. The number of benzene rings is 1. The Bertz CT molecular complexity index is 804. The zero-order valence-electron chi connectivity index (χ0n) is 12.9. The number of aryl methyl sites for hydroxylation is 1. The van der Waals surface area contributed by atoms with Crippen molar-refractivity contribution in [1.82, 2.24) is 9.29 Å². The van der Waals surface area contributed by atoms with Crippen molar-refractivity contribution in [2.24, 2.45) is 5.73 Å². The van der Waals surface area contributed by atoms with Gasteiger partial charge in [-0.1, -0.05) is 6.07 Å². The van der Waals surface area contributed by atoms with Crippen LogP contribution in [0.25, 0.3) is 10.9 Å². The van der Waals surface area contributed by atoms with Crippen LogP contribution in [0.15, 0.2) is 35.4 Å². The smallest absolute Gasteiger partial charge is 0.243 e. The first-order valence-electron chi connectivity index (χ1n) is 7.53. The molecule has 6 heteroatoms. The monoisotopic (exact) mass is 319 g/mol. The summed E-state index contributed by atoms with van der Waals surface area (Å²) < 4.78 is 27.8. The fourth-order valence-electron chi connectivity index (χ4n) is 3.18. The lowest BCUT2D eigenvalue weighted by Crippen LogP contribution is -2.48. The molecule has 1 aromatic heterocycles. The molecule has 22 heavy (non-hydrogen) atoms. The average Bonchev–Trinajstić information content (AvgIpc) is 2.47. The van der Waals surface area contributed by atoms with E-state index in [0.717, 1.165) is 11.1 Å². The van der Waals surface area contributed by atoms with Crippen LogP contribution in [-0.2, 0) is 10.0 Å². The van der Waals surface area contributed by atoms with Gasteiger partial charge in [0.05, 0.1) is 10.4 Å². The molecule has 5 nitrogen and oxygen atoms in total. The maximum atomic E-state index is 13.1. The molecule has 118 valence electrons. The highest BCUT2D eigenvalue weighted by Gasteiger charge is 2.34. The molecule has 1 aromatic carbocycles. The van der Waals surface area contributed by atoms with Gasteiger partial charge in [-0.05, 0) is 50.5 Å². The number of sulfonamides is 1. The minimum absolute atomic E-state index is 0.0814. The van der Waals surface area contributed by atoms with Gasteiger partial charge in [0.15, 0.2) is 0 Å². The first kappa shape index (κ1) is 15.4. The van der Waals surface area contributed by atoms with E-state index in [0.29, 0.717) is 29.7 Å². The Morgan fingerprint density at radius 2 is 2.09 bits per heavy atom. The average molecular weight is 319 g/mol. The van der Waals surface area contributed by atoms with E-state index in [2.05, 4.69) is 4.98 Å². The molecule has 2 N–H and O–H groups in total. The van der Waals surface area contributed by atoms with Crippen molar-refractivity contribution in [2.75, 3.05) is 6.54 Å². The minimum Gasteiger partial charge on any atom is -0.328 e. The number of pyridine rings is 1. The standard InChI is InChI=1S/C16H21N3O2S/c1-11-5-6-15(14-4-3-8-18-16(11)14)22(20,21)19-9-7-13(17)10-12(19)2/h3-6,8,12-13H,7,9-10,17H2,1-2H3/t12-,13+/m0/s1. The van der Waals surface area contributed by atoms with E-state index in [9.17, 15) is 8.42 Å². The summed E-state index contributed by atoms with van der Waals surface area (Å²) >= 11 is 0. The third-order valence-electron chi connectivity index (χ3n) is 4.37. The highest BCUT2D eigenvalue weighted by molar-refractivity contribution is 7.89. The molecular formula is C16H21N3O2S. The van der Waals surface area contributed by atoms with E-state index in [1.54, 1.807) is 22.6 Å². The molecule has 0 bridgehead atoms. The Labute approximate surface area is 131 Å². The van der Waals surface area contributed by atoms with Crippen LogP contribution in [0, 0.1) is 6.92 Å². The second kappa shape index (κ2) is 5.61. The molecule has 3 rings (SSSR count). The molecule has 1 fully saturated rings. The van der Waals surface area contributed by atoms with Gasteiger partial charge in [-0.15, -0.1) is 0 Å². The molecule has 0 unspecified atom stereocenters. The third-order valence-corrected chi connectivity index (χ3v) is 6.45. The van der Waals surface area contributed by atoms with Crippen LogP contribution >= 0.6 is 0 Å². The Kier molecular flexibility index (Phi) is 3.92. The first-order chi connectivity index (χ1) is 10.4. The van der Waals surface area contributed by atoms with Crippen molar-refractivity contribution < 1.29 is 8.42 Å². The van der Waals surface area contributed by atoms with Crippen LogP contribution in [0.4, 0.5) is 0 Å². The summed E-state index contributed by atoms with van der Waals surface area (Å²) in [6.45, 7) is 4.33. The van der Waals surface area contributed by atoms with E-state index in [-0.39, 0.29) is 12.1 Å². The van der Waals surface area contributed by atoms with Gasteiger partial charge < -0.3 is 5.73 Å². The number of aromatic nitrogens is 1. The largest absolute Gasteiger partial charge is 0.328 e. The van der Waals surface area contributed by atoms with Crippen LogP contribution in [-0.4, -0.2) is 36.3 Å². The maximum Gasteiger partial charge on any atom is 0.243 e. The maximum absolute atomic E-state index is 13.1. The van der Waals surface area contributed by atoms with Crippen LogP contribution < -0.4 is 5.73 Å². The molecule has 0 aliphatic carbocycles.